The Morgan fingerprint density at radius 2 is 1.75 bits per heavy atom. The van der Waals surface area contributed by atoms with E-state index in [1.54, 1.807) is 0 Å². The topological polar surface area (TPSA) is 29.3 Å². The summed E-state index contributed by atoms with van der Waals surface area (Å²) in [5, 5.41) is 0. The number of hydrogen-bond acceptors (Lipinski definition) is 2. The lowest BCUT2D eigenvalue weighted by Gasteiger charge is -2.28. The van der Waals surface area contributed by atoms with Crippen LogP contribution in [0.15, 0.2) is 30.3 Å². The molecular formula is C18H32N2. The third kappa shape index (κ3) is 6.95. The molecule has 0 heterocycles. The van der Waals surface area contributed by atoms with Crippen LogP contribution in [-0.2, 0) is 0 Å². The van der Waals surface area contributed by atoms with Gasteiger partial charge in [0.05, 0.1) is 0 Å². The molecular weight excluding hydrogens is 244 g/mol. The van der Waals surface area contributed by atoms with E-state index in [9.17, 15) is 0 Å². The predicted molar refractivity (Wildman–Crippen MR) is 90.2 cm³/mol. The van der Waals surface area contributed by atoms with Gasteiger partial charge in [-0.15, -0.1) is 0 Å². The summed E-state index contributed by atoms with van der Waals surface area (Å²) in [7, 11) is 0. The summed E-state index contributed by atoms with van der Waals surface area (Å²) in [6.07, 6.45) is 4.63. The maximum absolute atomic E-state index is 6.29. The minimum atomic E-state index is 0.294. The van der Waals surface area contributed by atoms with E-state index in [2.05, 4.69) is 62.9 Å². The molecule has 0 fully saturated rings. The van der Waals surface area contributed by atoms with Crippen molar-refractivity contribution >= 4 is 5.69 Å². The van der Waals surface area contributed by atoms with Gasteiger partial charge >= 0.3 is 0 Å². The van der Waals surface area contributed by atoms with Crippen molar-refractivity contribution < 1.29 is 0 Å². The highest BCUT2D eigenvalue weighted by molar-refractivity contribution is 5.45. The van der Waals surface area contributed by atoms with Crippen LogP contribution < -0.4 is 10.6 Å². The molecule has 1 unspecified atom stereocenters. The molecule has 0 saturated heterocycles. The number of nitrogens with zero attached hydrogens (tertiary/aromatic N) is 1. The van der Waals surface area contributed by atoms with Gasteiger partial charge in [0.1, 0.15) is 0 Å². The smallest absolute Gasteiger partial charge is 0.0366 e. The molecule has 0 bridgehead atoms. The van der Waals surface area contributed by atoms with Crippen LogP contribution in [0.1, 0.15) is 53.4 Å². The number of hydrogen-bond donors (Lipinski definition) is 1. The largest absolute Gasteiger partial charge is 0.371 e. The molecule has 2 N–H and O–H groups in total. The number of anilines is 1. The highest BCUT2D eigenvalue weighted by Gasteiger charge is 2.16. The van der Waals surface area contributed by atoms with Gasteiger partial charge in [-0.1, -0.05) is 52.3 Å². The molecule has 20 heavy (non-hydrogen) atoms. The van der Waals surface area contributed by atoms with Crippen LogP contribution in [-0.4, -0.2) is 19.1 Å². The zero-order valence-electron chi connectivity index (χ0n) is 13.7. The van der Waals surface area contributed by atoms with Crippen LogP contribution in [0.2, 0.25) is 0 Å². The van der Waals surface area contributed by atoms with Crippen molar-refractivity contribution in [3.63, 3.8) is 0 Å². The number of rotatable bonds is 8. The first-order chi connectivity index (χ1) is 9.42. The summed E-state index contributed by atoms with van der Waals surface area (Å²) in [5.74, 6) is 0. The van der Waals surface area contributed by atoms with E-state index < -0.39 is 0 Å². The van der Waals surface area contributed by atoms with Gasteiger partial charge in [-0.2, -0.15) is 0 Å². The maximum atomic E-state index is 6.29. The lowest BCUT2D eigenvalue weighted by atomic mass is 9.87. The van der Waals surface area contributed by atoms with Crippen LogP contribution in [0.5, 0.6) is 0 Å². The minimum absolute atomic E-state index is 0.294. The Balaban J connectivity index is 2.53. The summed E-state index contributed by atoms with van der Waals surface area (Å²) in [4.78, 5) is 2.48. The molecule has 0 radical (unpaired) electrons. The number of nitrogens with two attached hydrogens (primary N) is 1. The summed E-state index contributed by atoms with van der Waals surface area (Å²) in [5.41, 5.74) is 7.93. The molecule has 1 atom stereocenters. The van der Waals surface area contributed by atoms with E-state index in [0.717, 1.165) is 25.9 Å². The Morgan fingerprint density at radius 1 is 1.10 bits per heavy atom. The monoisotopic (exact) mass is 276 g/mol. The second-order valence-electron chi connectivity index (χ2n) is 6.99. The van der Waals surface area contributed by atoms with Crippen LogP contribution in [0.4, 0.5) is 5.69 Å². The first kappa shape index (κ1) is 17.0. The van der Waals surface area contributed by atoms with Gasteiger partial charge in [0.2, 0.25) is 0 Å². The van der Waals surface area contributed by atoms with E-state index >= 15 is 0 Å². The van der Waals surface area contributed by atoms with Crippen molar-refractivity contribution in [2.24, 2.45) is 11.1 Å². The third-order valence-corrected chi connectivity index (χ3v) is 3.55. The standard InChI is InChI=1S/C18H32N2/c1-5-6-13-20(17-10-8-7-9-11-17)14-12-16(19)15-18(2,3)4/h7-11,16H,5-6,12-15,19H2,1-4H3. The van der Waals surface area contributed by atoms with Crippen molar-refractivity contribution in [3.05, 3.63) is 30.3 Å². The van der Waals surface area contributed by atoms with Gasteiger partial charge in [0, 0.05) is 24.8 Å². The summed E-state index contributed by atoms with van der Waals surface area (Å²) in [6, 6.07) is 11.0. The number of para-hydroxylation sites is 1. The lowest BCUT2D eigenvalue weighted by molar-refractivity contribution is 0.331. The van der Waals surface area contributed by atoms with E-state index in [-0.39, 0.29) is 0 Å². The van der Waals surface area contributed by atoms with Gasteiger partial charge in [-0.05, 0) is 36.8 Å². The highest BCUT2D eigenvalue weighted by Crippen LogP contribution is 2.22. The number of unbranched alkanes of at least 4 members (excludes halogenated alkanes) is 1. The molecule has 0 aromatic heterocycles. The van der Waals surface area contributed by atoms with E-state index in [1.807, 2.05) is 0 Å². The van der Waals surface area contributed by atoms with Crippen LogP contribution >= 0.6 is 0 Å². The Morgan fingerprint density at radius 3 is 2.30 bits per heavy atom. The third-order valence-electron chi connectivity index (χ3n) is 3.55. The van der Waals surface area contributed by atoms with Crippen molar-refractivity contribution in [1.82, 2.24) is 0 Å². The molecule has 1 aromatic carbocycles. The van der Waals surface area contributed by atoms with Gasteiger partial charge < -0.3 is 10.6 Å². The molecule has 0 saturated carbocycles. The lowest BCUT2D eigenvalue weighted by Crippen LogP contribution is -2.33. The fraction of sp³-hybridized carbons (Fsp3) is 0.667. The average Bonchev–Trinajstić information content (AvgIpc) is 2.38. The first-order valence-electron chi connectivity index (χ1n) is 7.98. The minimum Gasteiger partial charge on any atom is -0.371 e. The molecule has 2 nitrogen and oxygen atoms in total. The molecule has 0 spiro atoms. The van der Waals surface area contributed by atoms with Crippen molar-refractivity contribution in [3.8, 4) is 0 Å². The Labute approximate surface area is 125 Å². The maximum Gasteiger partial charge on any atom is 0.0366 e. The Bertz CT molecular complexity index is 353. The van der Waals surface area contributed by atoms with Crippen molar-refractivity contribution in [2.75, 3.05) is 18.0 Å². The average molecular weight is 276 g/mol. The summed E-state index contributed by atoms with van der Waals surface area (Å²) < 4.78 is 0. The van der Waals surface area contributed by atoms with Gasteiger partial charge in [-0.3, -0.25) is 0 Å². The summed E-state index contributed by atoms with van der Waals surface area (Å²) >= 11 is 0. The molecule has 1 rings (SSSR count). The zero-order chi connectivity index (χ0) is 15.0. The Hall–Kier alpha value is -1.02. The van der Waals surface area contributed by atoms with Gasteiger partial charge in [0.25, 0.3) is 0 Å². The normalized spacial score (nSPS) is 13.2. The molecule has 0 amide bonds. The van der Waals surface area contributed by atoms with Crippen LogP contribution in [0.25, 0.3) is 0 Å². The molecule has 0 aliphatic carbocycles. The van der Waals surface area contributed by atoms with Crippen molar-refractivity contribution in [1.29, 1.82) is 0 Å². The van der Waals surface area contributed by atoms with Gasteiger partial charge in [0.15, 0.2) is 0 Å². The summed E-state index contributed by atoms with van der Waals surface area (Å²) in [6.45, 7) is 11.2. The van der Waals surface area contributed by atoms with Crippen LogP contribution in [0.3, 0.4) is 0 Å². The quantitative estimate of drug-likeness (QED) is 0.760. The van der Waals surface area contributed by atoms with E-state index in [0.29, 0.717) is 11.5 Å². The fourth-order valence-electron chi connectivity index (χ4n) is 2.57. The molecule has 2 heteroatoms. The van der Waals surface area contributed by atoms with Gasteiger partial charge in [-0.25, -0.2) is 0 Å². The molecule has 0 aliphatic rings. The first-order valence-corrected chi connectivity index (χ1v) is 7.98. The second kappa shape index (κ2) is 8.31. The van der Waals surface area contributed by atoms with E-state index in [4.69, 9.17) is 5.73 Å². The molecule has 114 valence electrons. The predicted octanol–water partition coefficient (Wildman–Crippen LogP) is 4.45. The van der Waals surface area contributed by atoms with E-state index in [1.165, 1.54) is 18.5 Å². The number of benzene rings is 1. The Kier molecular flexibility index (Phi) is 7.08. The molecule has 1 aromatic rings. The fourth-order valence-corrected chi connectivity index (χ4v) is 2.57. The molecule has 0 aliphatic heterocycles. The second-order valence-corrected chi connectivity index (χ2v) is 6.99. The van der Waals surface area contributed by atoms with Crippen molar-refractivity contribution in [2.45, 2.75) is 59.4 Å². The highest BCUT2D eigenvalue weighted by atomic mass is 15.1. The SMILES string of the molecule is CCCCN(CCC(N)CC(C)(C)C)c1ccccc1. The van der Waals surface area contributed by atoms with Crippen LogP contribution in [0, 0.1) is 5.41 Å². The zero-order valence-corrected chi connectivity index (χ0v) is 13.7.